The van der Waals surface area contributed by atoms with Gasteiger partial charge < -0.3 is 25.4 Å². The first-order valence-corrected chi connectivity index (χ1v) is 11.3. The molecule has 3 N–H and O–H groups in total. The van der Waals surface area contributed by atoms with E-state index in [2.05, 4.69) is 16.0 Å². The van der Waals surface area contributed by atoms with Gasteiger partial charge >= 0.3 is 0 Å². The highest BCUT2D eigenvalue weighted by Crippen LogP contribution is 2.28. The molecule has 0 saturated heterocycles. The molecule has 0 unspecified atom stereocenters. The van der Waals surface area contributed by atoms with Gasteiger partial charge in [-0.2, -0.15) is 0 Å². The first-order chi connectivity index (χ1) is 16.5. The number of ether oxygens (including phenoxy) is 2. The van der Waals surface area contributed by atoms with Gasteiger partial charge in [0.1, 0.15) is 0 Å². The van der Waals surface area contributed by atoms with E-state index in [1.165, 1.54) is 17.4 Å². The predicted octanol–water partition coefficient (Wildman–Crippen LogP) is 3.58. The van der Waals surface area contributed by atoms with Gasteiger partial charge in [-0.15, -0.1) is 11.3 Å². The van der Waals surface area contributed by atoms with Crippen LogP contribution in [-0.4, -0.2) is 45.0 Å². The van der Waals surface area contributed by atoms with Crippen molar-refractivity contribution >= 4 is 40.8 Å². The molecule has 3 amide bonds. The number of benzene rings is 2. The van der Waals surface area contributed by atoms with Crippen molar-refractivity contribution in [3.63, 3.8) is 0 Å². The average Bonchev–Trinajstić information content (AvgIpc) is 3.40. The highest BCUT2D eigenvalue weighted by molar-refractivity contribution is 7.12. The molecule has 0 atom stereocenters. The Balaban J connectivity index is 1.45. The lowest BCUT2D eigenvalue weighted by Crippen LogP contribution is -2.34. The molecule has 1 heterocycles. The molecule has 3 aromatic rings. The summed E-state index contributed by atoms with van der Waals surface area (Å²) in [5.74, 6) is 0.440. The zero-order chi connectivity index (χ0) is 24.3. The summed E-state index contributed by atoms with van der Waals surface area (Å²) >= 11 is 1.36. The lowest BCUT2D eigenvalue weighted by molar-refractivity contribution is -0.111. The maximum atomic E-state index is 12.3. The van der Waals surface area contributed by atoms with Crippen LogP contribution in [0.5, 0.6) is 11.5 Å². The van der Waals surface area contributed by atoms with E-state index in [1.54, 1.807) is 62.8 Å². The Kier molecular flexibility index (Phi) is 8.81. The summed E-state index contributed by atoms with van der Waals surface area (Å²) in [5.41, 5.74) is 1.79. The first kappa shape index (κ1) is 24.5. The van der Waals surface area contributed by atoms with Crippen LogP contribution in [-0.2, 0) is 4.79 Å². The summed E-state index contributed by atoms with van der Waals surface area (Å²) in [4.78, 5) is 37.0. The van der Waals surface area contributed by atoms with Gasteiger partial charge in [0.2, 0.25) is 5.91 Å². The second-order valence-corrected chi connectivity index (χ2v) is 7.95. The number of nitrogens with one attached hydrogen (secondary N) is 3. The zero-order valence-corrected chi connectivity index (χ0v) is 19.6. The fraction of sp³-hybridized carbons (Fsp3) is 0.160. The van der Waals surface area contributed by atoms with Crippen LogP contribution < -0.4 is 25.4 Å². The molecule has 0 spiro atoms. The van der Waals surface area contributed by atoms with E-state index < -0.39 is 0 Å². The molecule has 2 aromatic carbocycles. The van der Waals surface area contributed by atoms with Crippen LogP contribution in [0, 0.1) is 0 Å². The molecule has 9 heteroatoms. The Morgan fingerprint density at radius 2 is 1.59 bits per heavy atom. The van der Waals surface area contributed by atoms with Gasteiger partial charge in [0.05, 0.1) is 19.1 Å². The molecular weight excluding hydrogens is 454 g/mol. The summed E-state index contributed by atoms with van der Waals surface area (Å²) in [6, 6.07) is 15.4. The Morgan fingerprint density at radius 1 is 0.882 bits per heavy atom. The van der Waals surface area contributed by atoms with E-state index in [9.17, 15) is 14.4 Å². The van der Waals surface area contributed by atoms with E-state index in [4.69, 9.17) is 9.47 Å². The van der Waals surface area contributed by atoms with Gasteiger partial charge in [0.15, 0.2) is 11.5 Å². The largest absolute Gasteiger partial charge is 0.493 e. The van der Waals surface area contributed by atoms with Crippen LogP contribution in [0.2, 0.25) is 0 Å². The molecule has 0 aliphatic heterocycles. The summed E-state index contributed by atoms with van der Waals surface area (Å²) in [5, 5.41) is 10.1. The number of rotatable bonds is 10. The average molecular weight is 480 g/mol. The lowest BCUT2D eigenvalue weighted by atomic mass is 10.1. The van der Waals surface area contributed by atoms with Crippen LogP contribution in [0.25, 0.3) is 6.08 Å². The Bertz CT molecular complexity index is 1160. The molecule has 176 valence electrons. The lowest BCUT2D eigenvalue weighted by Gasteiger charge is -2.08. The van der Waals surface area contributed by atoms with E-state index in [0.717, 1.165) is 5.56 Å². The molecule has 8 nitrogen and oxygen atoms in total. The topological polar surface area (TPSA) is 106 Å². The summed E-state index contributed by atoms with van der Waals surface area (Å²) < 4.78 is 10.5. The second kappa shape index (κ2) is 12.2. The van der Waals surface area contributed by atoms with Crippen LogP contribution >= 0.6 is 11.3 Å². The number of amides is 3. The van der Waals surface area contributed by atoms with Crippen molar-refractivity contribution in [1.82, 2.24) is 10.6 Å². The molecule has 0 saturated carbocycles. The first-order valence-electron chi connectivity index (χ1n) is 10.4. The second-order valence-electron chi connectivity index (χ2n) is 7.00. The third kappa shape index (κ3) is 6.94. The molecule has 0 fully saturated rings. The smallest absolute Gasteiger partial charge is 0.261 e. The number of carbonyl (C=O) groups is 3. The van der Waals surface area contributed by atoms with Gasteiger partial charge in [-0.1, -0.05) is 12.1 Å². The van der Waals surface area contributed by atoms with Crippen LogP contribution in [0.1, 0.15) is 25.6 Å². The van der Waals surface area contributed by atoms with Crippen molar-refractivity contribution in [2.75, 3.05) is 32.6 Å². The van der Waals surface area contributed by atoms with Gasteiger partial charge in [-0.3, -0.25) is 14.4 Å². The van der Waals surface area contributed by atoms with Crippen LogP contribution in [0.15, 0.2) is 66.1 Å². The van der Waals surface area contributed by atoms with Crippen molar-refractivity contribution in [2.45, 2.75) is 0 Å². The highest BCUT2D eigenvalue weighted by Gasteiger charge is 2.08. The third-order valence-corrected chi connectivity index (χ3v) is 5.56. The molecule has 34 heavy (non-hydrogen) atoms. The normalized spacial score (nSPS) is 10.5. The third-order valence-electron chi connectivity index (χ3n) is 4.69. The molecule has 0 bridgehead atoms. The SMILES string of the molecule is COc1ccc(/C=C/C(=O)Nc2ccc(C(=O)NCCNC(=O)c3cccs3)cc2)cc1OC. The van der Waals surface area contributed by atoms with Gasteiger partial charge in [0.25, 0.3) is 11.8 Å². The fourth-order valence-electron chi connectivity index (χ4n) is 2.97. The van der Waals surface area contributed by atoms with E-state index in [0.29, 0.717) is 40.7 Å². The molecule has 1 aromatic heterocycles. The number of anilines is 1. The van der Waals surface area contributed by atoms with Gasteiger partial charge in [-0.25, -0.2) is 0 Å². The number of hydrogen-bond acceptors (Lipinski definition) is 6. The highest BCUT2D eigenvalue weighted by atomic mass is 32.1. The van der Waals surface area contributed by atoms with E-state index >= 15 is 0 Å². The maximum Gasteiger partial charge on any atom is 0.261 e. The quantitative estimate of drug-likeness (QED) is 0.305. The Labute approximate surface area is 201 Å². The Hall–Kier alpha value is -4.11. The molecule has 3 rings (SSSR count). The minimum atomic E-state index is -0.312. The maximum absolute atomic E-state index is 12.3. The number of methoxy groups -OCH3 is 2. The molecule has 0 radical (unpaired) electrons. The summed E-state index contributed by atoms with van der Waals surface area (Å²) in [6.07, 6.45) is 3.07. The van der Waals surface area contributed by atoms with Crippen molar-refractivity contribution in [1.29, 1.82) is 0 Å². The summed E-state index contributed by atoms with van der Waals surface area (Å²) in [6.45, 7) is 0.623. The number of carbonyl (C=O) groups excluding carboxylic acids is 3. The minimum Gasteiger partial charge on any atom is -0.493 e. The van der Waals surface area contributed by atoms with Gasteiger partial charge in [0, 0.05) is 30.4 Å². The summed E-state index contributed by atoms with van der Waals surface area (Å²) in [7, 11) is 3.11. The molecule has 0 aliphatic rings. The zero-order valence-electron chi connectivity index (χ0n) is 18.8. The standard InChI is InChI=1S/C25H25N3O5S/c1-32-20-11-5-17(16-21(20)33-2)6-12-23(29)28-19-9-7-18(8-10-19)24(30)26-13-14-27-25(31)22-4-3-15-34-22/h3-12,15-16H,13-14H2,1-2H3,(H,26,30)(H,27,31)(H,28,29)/b12-6+. The molecular formula is C25H25N3O5S. The minimum absolute atomic E-state index is 0.162. The van der Waals surface area contributed by atoms with Gasteiger partial charge in [-0.05, 0) is 59.5 Å². The van der Waals surface area contributed by atoms with Crippen molar-refractivity contribution in [3.05, 3.63) is 82.1 Å². The predicted molar refractivity (Wildman–Crippen MR) is 133 cm³/mol. The number of thiophene rings is 1. The number of hydrogen-bond donors (Lipinski definition) is 3. The van der Waals surface area contributed by atoms with Crippen molar-refractivity contribution in [3.8, 4) is 11.5 Å². The Morgan fingerprint density at radius 3 is 2.24 bits per heavy atom. The van der Waals surface area contributed by atoms with E-state index in [-0.39, 0.29) is 17.7 Å². The van der Waals surface area contributed by atoms with Crippen LogP contribution in [0.3, 0.4) is 0 Å². The fourth-order valence-corrected chi connectivity index (χ4v) is 3.61. The van der Waals surface area contributed by atoms with E-state index in [1.807, 2.05) is 17.5 Å². The van der Waals surface area contributed by atoms with Crippen molar-refractivity contribution in [2.24, 2.45) is 0 Å². The monoisotopic (exact) mass is 479 g/mol. The van der Waals surface area contributed by atoms with Crippen molar-refractivity contribution < 1.29 is 23.9 Å². The van der Waals surface area contributed by atoms with Crippen LogP contribution in [0.4, 0.5) is 5.69 Å². The molecule has 0 aliphatic carbocycles.